The molecule has 0 bridgehead atoms. The summed E-state index contributed by atoms with van der Waals surface area (Å²) in [6.45, 7) is 4.12. The molecule has 1 aliphatic carbocycles. The Hall–Kier alpha value is -2.02. The van der Waals surface area contributed by atoms with Crippen LogP contribution in [0.1, 0.15) is 49.1 Å². The molecule has 3 aliphatic rings. The van der Waals surface area contributed by atoms with Gasteiger partial charge in [-0.1, -0.05) is 5.10 Å². The van der Waals surface area contributed by atoms with Crippen LogP contribution in [0.4, 0.5) is 0 Å². The highest BCUT2D eigenvalue weighted by atomic mass is 16.5. The first-order valence-electron chi connectivity index (χ1n) is 10.2. The second-order valence-corrected chi connectivity index (χ2v) is 7.92. The molecule has 1 saturated carbocycles. The average molecular weight is 366 g/mol. The standard InChI is InChI=1S/C21H27N5O/c1-6-26(7-9-27-8-1)18-4-2-15(3-5-18)16-10-19-20(17-12-24-25-13-17)14-23-21(19)22-11-16/h10-15,18H,1-9H2,(H,22,23)(H,24,25)/p+1. The Morgan fingerprint density at radius 2 is 2.07 bits per heavy atom. The molecule has 0 amide bonds. The summed E-state index contributed by atoms with van der Waals surface area (Å²) in [6, 6.07) is 3.09. The van der Waals surface area contributed by atoms with Gasteiger partial charge in [-0.05, 0) is 49.7 Å². The number of hydrogen-bond donors (Lipinski definition) is 2. The zero-order valence-corrected chi connectivity index (χ0v) is 15.7. The van der Waals surface area contributed by atoms with Gasteiger partial charge in [0.05, 0.1) is 18.4 Å². The first-order chi connectivity index (χ1) is 13.4. The summed E-state index contributed by atoms with van der Waals surface area (Å²) in [4.78, 5) is 10.7. The van der Waals surface area contributed by atoms with Gasteiger partial charge >= 0.3 is 0 Å². The van der Waals surface area contributed by atoms with Gasteiger partial charge in [-0.2, -0.15) is 5.43 Å². The van der Waals surface area contributed by atoms with E-state index < -0.39 is 0 Å². The van der Waals surface area contributed by atoms with Crippen LogP contribution in [0.15, 0.2) is 29.8 Å². The molecule has 0 radical (unpaired) electrons. The Morgan fingerprint density at radius 3 is 2.93 bits per heavy atom. The van der Waals surface area contributed by atoms with Crippen LogP contribution in [-0.4, -0.2) is 53.4 Å². The summed E-state index contributed by atoms with van der Waals surface area (Å²) >= 11 is 0. The Bertz CT molecular complexity index is 855. The van der Waals surface area contributed by atoms with E-state index in [9.17, 15) is 0 Å². The van der Waals surface area contributed by atoms with Gasteiger partial charge < -0.3 is 9.72 Å². The molecule has 2 aliphatic heterocycles. The van der Waals surface area contributed by atoms with Gasteiger partial charge in [-0.3, -0.25) is 4.90 Å². The Balaban J connectivity index is 1.31. The second-order valence-electron chi connectivity index (χ2n) is 7.92. The molecule has 2 fully saturated rings. The molecule has 6 nitrogen and oxygen atoms in total. The third-order valence-electron chi connectivity index (χ3n) is 6.36. The van der Waals surface area contributed by atoms with Crippen molar-refractivity contribution < 1.29 is 10.2 Å². The molecule has 0 atom stereocenters. The van der Waals surface area contributed by atoms with Crippen LogP contribution in [0.25, 0.3) is 16.6 Å². The maximum Gasteiger partial charge on any atom is 0.137 e. The smallest absolute Gasteiger partial charge is 0.137 e. The summed E-state index contributed by atoms with van der Waals surface area (Å²) in [7, 11) is 0. The van der Waals surface area contributed by atoms with E-state index in [1.165, 1.54) is 55.2 Å². The van der Waals surface area contributed by atoms with E-state index in [2.05, 4.69) is 39.6 Å². The minimum absolute atomic E-state index is 0.627. The lowest BCUT2D eigenvalue weighted by molar-refractivity contribution is -0.589. The first-order valence-corrected chi connectivity index (χ1v) is 10.2. The highest BCUT2D eigenvalue weighted by Crippen LogP contribution is 2.36. The molecule has 142 valence electrons. The number of nitrogens with zero attached hydrogens (tertiary/aromatic N) is 3. The zero-order valence-electron chi connectivity index (χ0n) is 15.7. The van der Waals surface area contributed by atoms with Crippen molar-refractivity contribution in [1.82, 2.24) is 14.9 Å². The number of pyridine rings is 1. The van der Waals surface area contributed by atoms with Crippen molar-refractivity contribution in [2.45, 2.75) is 44.1 Å². The van der Waals surface area contributed by atoms with Crippen molar-refractivity contribution in [2.24, 2.45) is 5.10 Å². The summed E-state index contributed by atoms with van der Waals surface area (Å²) in [6.07, 6.45) is 14.4. The average Bonchev–Trinajstić information content (AvgIpc) is 3.30. The maximum atomic E-state index is 5.62. The number of ether oxygens (including phenoxy) is 1. The fourth-order valence-corrected chi connectivity index (χ4v) is 4.84. The Labute approximate surface area is 159 Å². The van der Waals surface area contributed by atoms with Crippen molar-refractivity contribution in [1.29, 1.82) is 0 Å². The van der Waals surface area contributed by atoms with Gasteiger partial charge in [-0.25, -0.2) is 4.98 Å². The van der Waals surface area contributed by atoms with Crippen LogP contribution in [0.5, 0.6) is 0 Å². The largest absolute Gasteiger partial charge is 0.380 e. The van der Waals surface area contributed by atoms with Crippen LogP contribution >= 0.6 is 0 Å². The second kappa shape index (κ2) is 7.54. The molecular formula is C21H28N5O+. The van der Waals surface area contributed by atoms with Gasteiger partial charge in [0.25, 0.3) is 0 Å². The number of nitrogens with two attached hydrogens (primary N) is 1. The maximum absolute atomic E-state index is 5.62. The highest BCUT2D eigenvalue weighted by Gasteiger charge is 2.27. The molecule has 2 aromatic rings. The number of nitrogens with one attached hydrogen (secondary N) is 1. The normalized spacial score (nSPS) is 27.0. The van der Waals surface area contributed by atoms with Gasteiger partial charge in [0.1, 0.15) is 11.8 Å². The number of hydrogen-bond acceptors (Lipinski definition) is 4. The number of aromatic amines is 1. The number of quaternary nitrogens is 1. The lowest BCUT2D eigenvalue weighted by atomic mass is 9.81. The predicted molar refractivity (Wildman–Crippen MR) is 106 cm³/mol. The molecule has 0 unspecified atom stereocenters. The lowest BCUT2D eigenvalue weighted by Gasteiger charge is -2.36. The van der Waals surface area contributed by atoms with E-state index in [0.717, 1.165) is 37.0 Å². The minimum Gasteiger partial charge on any atom is -0.380 e. The number of H-pyrrole nitrogens is 1. The fourth-order valence-electron chi connectivity index (χ4n) is 4.84. The van der Waals surface area contributed by atoms with Gasteiger partial charge in [0, 0.05) is 49.1 Å². The lowest BCUT2D eigenvalue weighted by Crippen LogP contribution is -2.69. The molecule has 0 spiro atoms. The van der Waals surface area contributed by atoms with Crippen LogP contribution in [-0.2, 0) is 4.74 Å². The third kappa shape index (κ3) is 3.45. The topological polar surface area (TPSA) is 70.1 Å². The Morgan fingerprint density at radius 1 is 1.15 bits per heavy atom. The van der Waals surface area contributed by atoms with Crippen LogP contribution in [0.2, 0.25) is 0 Å². The van der Waals surface area contributed by atoms with E-state index in [1.54, 1.807) is 0 Å². The van der Waals surface area contributed by atoms with Gasteiger partial charge in [0.15, 0.2) is 0 Å². The third-order valence-corrected chi connectivity index (χ3v) is 6.36. The van der Waals surface area contributed by atoms with Gasteiger partial charge in [-0.15, -0.1) is 0 Å². The number of rotatable bonds is 3. The van der Waals surface area contributed by atoms with Crippen LogP contribution < -0.4 is 5.43 Å². The highest BCUT2D eigenvalue weighted by molar-refractivity contribution is 6.14. The van der Waals surface area contributed by atoms with E-state index >= 15 is 0 Å². The molecule has 1 saturated heterocycles. The summed E-state index contributed by atoms with van der Waals surface area (Å²) < 4.78 is 5.62. The van der Waals surface area contributed by atoms with E-state index in [1.807, 2.05) is 11.6 Å². The number of allylic oxidation sites excluding steroid dienone is 1. The first kappa shape index (κ1) is 17.1. The Kier molecular flexibility index (Phi) is 4.78. The fraction of sp³-hybridized carbons (Fsp3) is 0.524. The van der Waals surface area contributed by atoms with Crippen molar-refractivity contribution in [3.63, 3.8) is 0 Å². The van der Waals surface area contributed by atoms with E-state index in [-0.39, 0.29) is 0 Å². The quantitative estimate of drug-likeness (QED) is 0.819. The summed E-state index contributed by atoms with van der Waals surface area (Å²) in [5, 5.41) is 5.42. The number of aromatic nitrogens is 2. The molecule has 0 aromatic carbocycles. The molecule has 2 aromatic heterocycles. The monoisotopic (exact) mass is 366 g/mol. The van der Waals surface area contributed by atoms with Crippen LogP contribution in [0.3, 0.4) is 0 Å². The molecule has 5 rings (SSSR count). The summed E-state index contributed by atoms with van der Waals surface area (Å²) in [5.74, 6) is 0.627. The predicted octanol–water partition coefficient (Wildman–Crippen LogP) is 2.22. The molecule has 3 N–H and O–H groups in total. The van der Waals surface area contributed by atoms with Crippen LogP contribution in [0, 0.1) is 0 Å². The molecule has 6 heteroatoms. The van der Waals surface area contributed by atoms with E-state index in [0.29, 0.717) is 5.92 Å². The van der Waals surface area contributed by atoms with Crippen molar-refractivity contribution in [2.75, 3.05) is 26.3 Å². The summed E-state index contributed by atoms with van der Waals surface area (Å²) in [5.41, 5.74) is 6.57. The van der Waals surface area contributed by atoms with E-state index in [4.69, 9.17) is 9.72 Å². The zero-order chi connectivity index (χ0) is 18.1. The van der Waals surface area contributed by atoms with Gasteiger partial charge in [0.2, 0.25) is 0 Å². The molecule has 27 heavy (non-hydrogen) atoms. The SMILES string of the molecule is C1=N[NH2+]C=C1c1c[nH]c2ncc(C3CCC(N4CCCOCC4)CC3)cc12. The number of fused-ring (bicyclic) bond motifs is 1. The molecule has 4 heterocycles. The minimum atomic E-state index is 0.627. The van der Waals surface area contributed by atoms with Crippen molar-refractivity contribution in [3.8, 4) is 0 Å². The molecular weight excluding hydrogens is 338 g/mol. The van der Waals surface area contributed by atoms with Crippen molar-refractivity contribution in [3.05, 3.63) is 35.8 Å². The van der Waals surface area contributed by atoms with Crippen molar-refractivity contribution >= 4 is 22.8 Å².